The van der Waals surface area contributed by atoms with Crippen LogP contribution in [0.15, 0.2) is 23.1 Å². The zero-order chi connectivity index (χ0) is 20.4. The smallest absolute Gasteiger partial charge is 1.00 e. The first-order valence-corrected chi connectivity index (χ1v) is 11.3. The van der Waals surface area contributed by atoms with Gasteiger partial charge in [-0.2, -0.15) is 8.42 Å². The van der Waals surface area contributed by atoms with Gasteiger partial charge in [0, 0.05) is 0 Å². The second-order valence-electron chi connectivity index (χ2n) is 7.84. The van der Waals surface area contributed by atoms with E-state index < -0.39 is 32.6 Å². The molecule has 0 atom stereocenters. The van der Waals surface area contributed by atoms with Crippen molar-refractivity contribution in [3.63, 3.8) is 0 Å². The van der Waals surface area contributed by atoms with Gasteiger partial charge in [0.2, 0.25) is 0 Å². The molecule has 0 spiro atoms. The van der Waals surface area contributed by atoms with Gasteiger partial charge in [0.05, 0.1) is 11.1 Å². The number of hydrogen-bond acceptors (Lipinski definition) is 5. The summed E-state index contributed by atoms with van der Waals surface area (Å²) in [4.78, 5) is 23.4. The van der Waals surface area contributed by atoms with Crippen molar-refractivity contribution in [2.45, 2.75) is 74.7 Å². The van der Waals surface area contributed by atoms with Crippen LogP contribution >= 0.6 is 0 Å². The molecule has 156 valence electrons. The molecule has 0 heterocycles. The number of carbonyl (C=O) groups excluding carboxylic acids is 1. The topological polar surface area (TPSA) is 118 Å². The van der Waals surface area contributed by atoms with Gasteiger partial charge in [-0.25, -0.2) is 9.59 Å². The second kappa shape index (κ2) is 9.92. The molecule has 0 aliphatic heterocycles. The first-order chi connectivity index (χ1) is 13.2. The molecule has 0 bridgehead atoms. The summed E-state index contributed by atoms with van der Waals surface area (Å²) in [5.41, 5.74) is -1.27. The molecule has 1 aromatic carbocycles. The number of esters is 1. The third-order valence-corrected chi connectivity index (χ3v) is 6.97. The van der Waals surface area contributed by atoms with E-state index in [0.29, 0.717) is 0 Å². The molecule has 29 heavy (non-hydrogen) atoms. The summed E-state index contributed by atoms with van der Waals surface area (Å²) in [6, 6.07) is 3.04. The zero-order valence-corrected chi connectivity index (χ0v) is 19.5. The van der Waals surface area contributed by atoms with Crippen molar-refractivity contribution in [3.05, 3.63) is 29.3 Å². The average molecular weight is 434 g/mol. The molecule has 3 rings (SSSR count). The monoisotopic (exact) mass is 434 g/mol. The fourth-order valence-corrected chi connectivity index (χ4v) is 5.35. The number of carboxylic acid groups (broad SMARTS) is 1. The van der Waals surface area contributed by atoms with Crippen LogP contribution in [0.4, 0.5) is 0 Å². The Morgan fingerprint density at radius 3 is 2.17 bits per heavy atom. The Kier molecular flexibility index (Phi) is 8.32. The Bertz CT molecular complexity index is 860. The van der Waals surface area contributed by atoms with Crippen LogP contribution in [0.25, 0.3) is 0 Å². The summed E-state index contributed by atoms with van der Waals surface area (Å²) in [5, 5.41) is 9.08. The fourth-order valence-electron chi connectivity index (χ4n) is 4.65. The number of rotatable bonds is 5. The summed E-state index contributed by atoms with van der Waals surface area (Å²) in [6.45, 7) is 0. The van der Waals surface area contributed by atoms with Crippen LogP contribution in [-0.4, -0.2) is 35.6 Å². The Morgan fingerprint density at radius 2 is 1.62 bits per heavy atom. The van der Waals surface area contributed by atoms with E-state index in [9.17, 15) is 22.6 Å². The van der Waals surface area contributed by atoms with Gasteiger partial charge in [-0.15, -0.1) is 0 Å². The fraction of sp³-hybridized carbons (Fsp3) is 0.600. The molecule has 0 radical (unpaired) electrons. The Hall–Kier alpha value is -0.930. The number of ether oxygens (including phenoxy) is 1. The predicted molar refractivity (Wildman–Crippen MR) is 102 cm³/mol. The SMILES string of the molecule is O=C(O)c1ccc(C(=O)OC2(C3CCCCC3)CCCCC2)c(S(=O)(=O)O)c1.[H-].[Na+]. The van der Waals surface area contributed by atoms with E-state index in [0.717, 1.165) is 76.0 Å². The van der Waals surface area contributed by atoms with E-state index in [1.54, 1.807) is 0 Å². The third-order valence-electron chi connectivity index (χ3n) is 6.07. The van der Waals surface area contributed by atoms with Crippen molar-refractivity contribution in [1.29, 1.82) is 0 Å². The van der Waals surface area contributed by atoms with Crippen molar-refractivity contribution in [3.8, 4) is 0 Å². The maximum absolute atomic E-state index is 13.0. The molecule has 0 amide bonds. The van der Waals surface area contributed by atoms with Crippen molar-refractivity contribution in [1.82, 2.24) is 0 Å². The van der Waals surface area contributed by atoms with E-state index in [1.165, 1.54) is 6.42 Å². The minimum atomic E-state index is -4.78. The molecule has 9 heteroatoms. The maximum atomic E-state index is 13.0. The maximum Gasteiger partial charge on any atom is 1.00 e. The summed E-state index contributed by atoms with van der Waals surface area (Å²) in [7, 11) is -4.78. The number of benzene rings is 1. The van der Waals surface area contributed by atoms with Crippen LogP contribution in [0.5, 0.6) is 0 Å². The van der Waals surface area contributed by atoms with Crippen LogP contribution < -0.4 is 29.6 Å². The number of hydrogen-bond donors (Lipinski definition) is 2. The van der Waals surface area contributed by atoms with Gasteiger partial charge in [0.1, 0.15) is 10.5 Å². The van der Waals surface area contributed by atoms with Gasteiger partial charge in [-0.05, 0) is 62.6 Å². The Morgan fingerprint density at radius 1 is 1.03 bits per heavy atom. The third kappa shape index (κ3) is 5.61. The number of aromatic carboxylic acids is 1. The second-order valence-corrected chi connectivity index (χ2v) is 9.23. The van der Waals surface area contributed by atoms with Crippen molar-refractivity contribution < 1.29 is 63.4 Å². The Balaban J connectivity index is 0.00000225. The van der Waals surface area contributed by atoms with Crippen LogP contribution in [0.3, 0.4) is 0 Å². The first-order valence-electron chi connectivity index (χ1n) is 9.81. The van der Waals surface area contributed by atoms with E-state index in [1.807, 2.05) is 0 Å². The zero-order valence-electron chi connectivity index (χ0n) is 17.7. The van der Waals surface area contributed by atoms with Gasteiger partial charge in [0.15, 0.2) is 0 Å². The van der Waals surface area contributed by atoms with E-state index >= 15 is 0 Å². The van der Waals surface area contributed by atoms with Crippen LogP contribution in [0.2, 0.25) is 0 Å². The van der Waals surface area contributed by atoms with E-state index in [-0.39, 0.29) is 48.0 Å². The van der Waals surface area contributed by atoms with E-state index in [2.05, 4.69) is 0 Å². The predicted octanol–water partition coefficient (Wildman–Crippen LogP) is 1.19. The standard InChI is InChI=1S/C20H26O7S.Na.H/c21-18(22)14-9-10-16(17(13-14)28(24,25)26)19(23)27-20(11-5-2-6-12-20)15-7-3-1-4-8-15;;/h9-10,13,15H,1-8,11-12H2,(H,21,22)(H,24,25,26);;/q;+1;-1. The molecule has 0 aromatic heterocycles. The summed E-state index contributed by atoms with van der Waals surface area (Å²) < 4.78 is 39.0. The molecule has 1 aromatic rings. The van der Waals surface area contributed by atoms with Crippen LogP contribution in [-0.2, 0) is 14.9 Å². The largest absolute Gasteiger partial charge is 1.00 e. The molecule has 2 N–H and O–H groups in total. The molecule has 2 saturated carbocycles. The minimum Gasteiger partial charge on any atom is -1.00 e. The van der Waals surface area contributed by atoms with Gasteiger partial charge >= 0.3 is 41.5 Å². The molecular formula is C20H27NaO7S. The quantitative estimate of drug-likeness (QED) is 0.406. The van der Waals surface area contributed by atoms with Gasteiger partial charge < -0.3 is 11.3 Å². The Labute approximate surface area is 194 Å². The number of carbonyl (C=O) groups is 2. The van der Waals surface area contributed by atoms with Gasteiger partial charge in [-0.1, -0.05) is 25.7 Å². The van der Waals surface area contributed by atoms with Crippen molar-refractivity contribution in [2.75, 3.05) is 0 Å². The first kappa shape index (κ1) is 24.3. The molecule has 0 saturated heterocycles. The summed E-state index contributed by atoms with van der Waals surface area (Å²) in [6.07, 6.45) is 9.79. The number of carboxylic acids is 1. The minimum absolute atomic E-state index is 0. The van der Waals surface area contributed by atoms with Gasteiger partial charge in [-0.3, -0.25) is 4.55 Å². The summed E-state index contributed by atoms with van der Waals surface area (Å²) in [5.74, 6) is -1.93. The van der Waals surface area contributed by atoms with Crippen LogP contribution in [0.1, 0.15) is 86.4 Å². The van der Waals surface area contributed by atoms with Crippen molar-refractivity contribution in [2.24, 2.45) is 5.92 Å². The molecule has 2 aliphatic carbocycles. The molecule has 7 nitrogen and oxygen atoms in total. The molecule has 2 aliphatic rings. The average Bonchev–Trinajstić information content (AvgIpc) is 2.68. The van der Waals surface area contributed by atoms with Crippen LogP contribution in [0, 0.1) is 5.92 Å². The normalized spacial score (nSPS) is 19.8. The molecule has 0 unspecified atom stereocenters. The molecule has 2 fully saturated rings. The van der Waals surface area contributed by atoms with Crippen molar-refractivity contribution >= 4 is 22.1 Å². The van der Waals surface area contributed by atoms with Gasteiger partial charge in [0.25, 0.3) is 10.1 Å². The summed E-state index contributed by atoms with van der Waals surface area (Å²) >= 11 is 0. The molecular weight excluding hydrogens is 407 g/mol. The van der Waals surface area contributed by atoms with E-state index in [4.69, 9.17) is 9.84 Å².